The zero-order valence-corrected chi connectivity index (χ0v) is 23.3. The van der Waals surface area contributed by atoms with Crippen molar-refractivity contribution in [3.05, 3.63) is 105 Å². The van der Waals surface area contributed by atoms with E-state index < -0.39 is 52.6 Å². The molecule has 0 radical (unpaired) electrons. The number of carbonyl (C=O) groups is 4. The number of carboxylic acids is 1. The summed E-state index contributed by atoms with van der Waals surface area (Å²) < 4.78 is 20.3. The van der Waals surface area contributed by atoms with E-state index in [9.17, 15) is 28.7 Å². The molecule has 1 spiro atoms. The molecule has 2 aliphatic rings. The van der Waals surface area contributed by atoms with Crippen molar-refractivity contribution in [1.82, 2.24) is 5.32 Å². The molecule has 0 bridgehead atoms. The Kier molecular flexibility index (Phi) is 7.13. The summed E-state index contributed by atoms with van der Waals surface area (Å²) in [4.78, 5) is 53.6. The minimum Gasteiger partial charge on any atom is -0.475 e. The van der Waals surface area contributed by atoms with E-state index in [-0.39, 0.29) is 33.5 Å². The summed E-state index contributed by atoms with van der Waals surface area (Å²) in [6.07, 6.45) is -0.277. The van der Waals surface area contributed by atoms with E-state index >= 15 is 0 Å². The average Bonchev–Trinajstić information content (AvgIpc) is 3.15. The fraction of sp³-hybridized carbons (Fsp3) is 0.200. The lowest BCUT2D eigenvalue weighted by atomic mass is 9.58. The molecule has 5 rings (SSSR count). The molecule has 3 amide bonds. The van der Waals surface area contributed by atoms with Crippen LogP contribution >= 0.6 is 23.2 Å². The van der Waals surface area contributed by atoms with Crippen molar-refractivity contribution in [3.8, 4) is 5.75 Å². The minimum absolute atomic E-state index is 0.000165. The van der Waals surface area contributed by atoms with Crippen LogP contribution in [0.4, 0.5) is 10.1 Å². The van der Waals surface area contributed by atoms with Gasteiger partial charge in [-0.1, -0.05) is 35.3 Å². The lowest BCUT2D eigenvalue weighted by Crippen LogP contribution is -2.58. The van der Waals surface area contributed by atoms with Crippen molar-refractivity contribution in [2.45, 2.75) is 37.6 Å². The molecule has 2 aliphatic heterocycles. The molecule has 0 aromatic heterocycles. The maximum absolute atomic E-state index is 14.7. The van der Waals surface area contributed by atoms with Gasteiger partial charge >= 0.3 is 5.97 Å². The molecule has 0 unspecified atom stereocenters. The monoisotopic (exact) mass is 596 g/mol. The molecule has 0 aliphatic carbocycles. The highest BCUT2D eigenvalue weighted by molar-refractivity contribution is 6.32. The average molecular weight is 597 g/mol. The van der Waals surface area contributed by atoms with Gasteiger partial charge in [-0.15, -0.1) is 0 Å². The number of aryl methyl sites for hydroxylation is 1. The fourth-order valence-corrected chi connectivity index (χ4v) is 6.27. The van der Waals surface area contributed by atoms with E-state index in [1.807, 2.05) is 0 Å². The van der Waals surface area contributed by atoms with Crippen molar-refractivity contribution in [1.29, 1.82) is 0 Å². The molecular formula is C30H23Cl2FN2O6. The summed E-state index contributed by atoms with van der Waals surface area (Å²) >= 11 is 12.7. The number of rotatable bonds is 5. The summed E-state index contributed by atoms with van der Waals surface area (Å²) in [5.74, 6) is -5.41. The number of anilines is 1. The second kappa shape index (κ2) is 10.3. The van der Waals surface area contributed by atoms with Gasteiger partial charge in [-0.2, -0.15) is 0 Å². The Bertz CT molecular complexity index is 1670. The van der Waals surface area contributed by atoms with Gasteiger partial charge in [0.1, 0.15) is 17.0 Å². The number of carboxylic acid groups (broad SMARTS) is 1. The smallest absolute Gasteiger partial charge is 0.371 e. The van der Waals surface area contributed by atoms with Gasteiger partial charge < -0.3 is 15.2 Å². The molecule has 210 valence electrons. The summed E-state index contributed by atoms with van der Waals surface area (Å²) in [6.45, 7) is 6.38. The lowest BCUT2D eigenvalue weighted by Gasteiger charge is -2.47. The van der Waals surface area contributed by atoms with Crippen molar-refractivity contribution >= 4 is 52.6 Å². The van der Waals surface area contributed by atoms with E-state index in [0.29, 0.717) is 16.7 Å². The van der Waals surface area contributed by atoms with Gasteiger partial charge in [0.25, 0.3) is 0 Å². The number of hydrogen-bond donors (Lipinski definition) is 2. The van der Waals surface area contributed by atoms with Crippen LogP contribution in [0.5, 0.6) is 5.75 Å². The van der Waals surface area contributed by atoms with E-state index in [1.165, 1.54) is 49.4 Å². The minimum atomic E-state index is -1.73. The van der Waals surface area contributed by atoms with E-state index in [2.05, 4.69) is 11.9 Å². The number of amides is 3. The van der Waals surface area contributed by atoms with Gasteiger partial charge in [0.05, 0.1) is 11.7 Å². The van der Waals surface area contributed by atoms with Gasteiger partial charge in [-0.05, 0) is 72.7 Å². The van der Waals surface area contributed by atoms with Gasteiger partial charge in [-0.3, -0.25) is 14.4 Å². The van der Waals surface area contributed by atoms with Crippen LogP contribution < -0.4 is 15.0 Å². The number of nitrogens with one attached hydrogen (secondary N) is 1. The molecule has 3 atom stereocenters. The number of aliphatic carboxylic acids is 1. The second-order valence-electron chi connectivity index (χ2n) is 9.96. The first-order valence-electron chi connectivity index (χ1n) is 12.5. The first-order chi connectivity index (χ1) is 19.4. The summed E-state index contributed by atoms with van der Waals surface area (Å²) in [7, 11) is 0. The van der Waals surface area contributed by atoms with Gasteiger partial charge in [-0.25, -0.2) is 14.1 Å². The summed E-state index contributed by atoms with van der Waals surface area (Å²) in [5.41, 5.74) is -0.0112. The lowest BCUT2D eigenvalue weighted by molar-refractivity contribution is -0.136. The van der Waals surface area contributed by atoms with E-state index in [4.69, 9.17) is 27.9 Å². The van der Waals surface area contributed by atoms with Crippen LogP contribution in [-0.4, -0.2) is 28.8 Å². The number of ether oxygens (including phenoxy) is 1. The highest BCUT2D eigenvalue weighted by Crippen LogP contribution is 2.60. The molecule has 0 saturated carbocycles. The third-order valence-corrected chi connectivity index (χ3v) is 8.06. The number of nitrogens with zero attached hydrogens (tertiary/aromatic N) is 1. The maximum atomic E-state index is 14.7. The Balaban J connectivity index is 1.89. The third-order valence-electron chi connectivity index (χ3n) is 7.59. The normalized spacial score (nSPS) is 21.4. The van der Waals surface area contributed by atoms with Crippen LogP contribution in [-0.2, 0) is 24.6 Å². The molecule has 41 heavy (non-hydrogen) atoms. The molecule has 1 fully saturated rings. The second-order valence-corrected chi connectivity index (χ2v) is 10.8. The zero-order valence-electron chi connectivity index (χ0n) is 21.8. The summed E-state index contributed by atoms with van der Waals surface area (Å²) in [6, 6.07) is 11.9. The topological polar surface area (TPSA) is 113 Å². The van der Waals surface area contributed by atoms with Crippen LogP contribution in [0, 0.1) is 12.7 Å². The standard InChI is InChI=1S/C30H23Cl2FN2O6/c1-14-4-7-19(33)12-20(14)27-30(22-8-5-18(32)11-24(22)35(16(3)36)29(30)40)23(13-26(37)34-27)21-10-17(31)6-9-25(21)41-15(2)28(38)39/h4-12,23,27H,2,13H2,1,3H3,(H,34,37)(H,38,39)/t23-,27+,30-/m1/s1. The van der Waals surface area contributed by atoms with E-state index in [1.54, 1.807) is 19.1 Å². The maximum Gasteiger partial charge on any atom is 0.371 e. The molecule has 8 nitrogen and oxygen atoms in total. The Morgan fingerprint density at radius 1 is 1.07 bits per heavy atom. The Hall–Kier alpha value is -4.21. The number of halogens is 3. The van der Waals surface area contributed by atoms with Gasteiger partial charge in [0, 0.05) is 34.9 Å². The molecule has 3 aromatic carbocycles. The molecule has 11 heteroatoms. The number of imide groups is 1. The highest BCUT2D eigenvalue weighted by atomic mass is 35.5. The predicted molar refractivity (Wildman–Crippen MR) is 150 cm³/mol. The third kappa shape index (κ3) is 4.55. The summed E-state index contributed by atoms with van der Waals surface area (Å²) in [5, 5.41) is 12.8. The molecule has 3 aromatic rings. The van der Waals surface area contributed by atoms with Gasteiger partial charge in [0.2, 0.25) is 23.5 Å². The van der Waals surface area contributed by atoms with Crippen LogP contribution in [0.15, 0.2) is 66.9 Å². The first-order valence-corrected chi connectivity index (χ1v) is 13.2. The van der Waals surface area contributed by atoms with Crippen LogP contribution in [0.1, 0.15) is 47.6 Å². The van der Waals surface area contributed by atoms with Crippen molar-refractivity contribution in [2.75, 3.05) is 4.90 Å². The quantitative estimate of drug-likeness (QED) is 0.293. The van der Waals surface area contributed by atoms with Crippen molar-refractivity contribution < 1.29 is 33.4 Å². The van der Waals surface area contributed by atoms with Gasteiger partial charge in [0.15, 0.2) is 0 Å². The van der Waals surface area contributed by atoms with Crippen LogP contribution in [0.25, 0.3) is 0 Å². The highest BCUT2D eigenvalue weighted by Gasteiger charge is 2.64. The molecule has 2 heterocycles. The zero-order chi connectivity index (χ0) is 29.8. The number of fused-ring (bicyclic) bond motifs is 2. The fourth-order valence-electron chi connectivity index (χ4n) is 5.92. The number of hydrogen-bond acceptors (Lipinski definition) is 5. The number of carbonyl (C=O) groups excluding carboxylic acids is 3. The Labute approximate surface area is 244 Å². The molecular weight excluding hydrogens is 574 g/mol. The SMILES string of the molecule is C=C(Oc1ccc(Cl)cc1[C@H]1CC(=O)N[C@@H](c2cc(F)ccc2C)[C@]12C(=O)N(C(C)=O)c1cc(Cl)ccc12)C(=O)O. The van der Waals surface area contributed by atoms with E-state index in [0.717, 1.165) is 4.90 Å². The number of piperidine rings is 1. The van der Waals surface area contributed by atoms with Crippen molar-refractivity contribution in [2.24, 2.45) is 0 Å². The van der Waals surface area contributed by atoms with Crippen LogP contribution in [0.3, 0.4) is 0 Å². The number of benzene rings is 3. The van der Waals surface area contributed by atoms with Crippen molar-refractivity contribution in [3.63, 3.8) is 0 Å². The largest absolute Gasteiger partial charge is 0.475 e. The first kappa shape index (κ1) is 28.3. The Morgan fingerprint density at radius 2 is 1.76 bits per heavy atom. The van der Waals surface area contributed by atoms with Crippen LogP contribution in [0.2, 0.25) is 10.0 Å². The molecule has 2 N–H and O–H groups in total. The Morgan fingerprint density at radius 3 is 2.44 bits per heavy atom. The predicted octanol–water partition coefficient (Wildman–Crippen LogP) is 5.59. The molecule has 1 saturated heterocycles.